The zero-order valence-electron chi connectivity index (χ0n) is 9.47. The Balaban J connectivity index is 1.75. The first-order valence-electron chi connectivity index (χ1n) is 5.85. The fraction of sp³-hybridized carbons (Fsp3) is 0.286. The zero-order valence-corrected chi connectivity index (χ0v) is 10.3. The lowest BCUT2D eigenvalue weighted by molar-refractivity contribution is 0.140. The number of rotatable bonds is 3. The van der Waals surface area contributed by atoms with E-state index in [1.165, 1.54) is 16.7 Å². The molecule has 3 heteroatoms. The summed E-state index contributed by atoms with van der Waals surface area (Å²) in [5.74, 6) is 0. The number of thiophene rings is 1. The highest BCUT2D eigenvalue weighted by Gasteiger charge is 2.29. The lowest BCUT2D eigenvalue weighted by Crippen LogP contribution is -2.28. The Bertz CT molecular complexity index is 495. The van der Waals surface area contributed by atoms with Crippen LogP contribution in [0.15, 0.2) is 41.1 Å². The van der Waals surface area contributed by atoms with Gasteiger partial charge in [0, 0.05) is 13.0 Å². The predicted molar refractivity (Wildman–Crippen MR) is 70.1 cm³/mol. The molecule has 0 saturated heterocycles. The summed E-state index contributed by atoms with van der Waals surface area (Å²) in [6, 6.07) is 10.5. The van der Waals surface area contributed by atoms with Crippen LogP contribution in [0.3, 0.4) is 0 Å². The highest BCUT2D eigenvalue weighted by atomic mass is 32.1. The van der Waals surface area contributed by atoms with Crippen LogP contribution >= 0.6 is 11.3 Å². The summed E-state index contributed by atoms with van der Waals surface area (Å²) < 4.78 is 0. The Labute approximate surface area is 105 Å². The van der Waals surface area contributed by atoms with Gasteiger partial charge in [-0.3, -0.25) is 0 Å². The second-order valence-electron chi connectivity index (χ2n) is 4.46. The molecule has 2 nitrogen and oxygen atoms in total. The summed E-state index contributed by atoms with van der Waals surface area (Å²) >= 11 is 1.71. The Morgan fingerprint density at radius 2 is 2.18 bits per heavy atom. The third kappa shape index (κ3) is 2.14. The lowest BCUT2D eigenvalue weighted by atomic mass is 10.1. The monoisotopic (exact) mass is 245 g/mol. The van der Waals surface area contributed by atoms with Crippen molar-refractivity contribution >= 4 is 11.3 Å². The van der Waals surface area contributed by atoms with Gasteiger partial charge in [0.15, 0.2) is 0 Å². The second kappa shape index (κ2) is 4.61. The summed E-state index contributed by atoms with van der Waals surface area (Å²) in [5.41, 5.74) is 3.80. The van der Waals surface area contributed by atoms with Crippen molar-refractivity contribution in [1.29, 1.82) is 0 Å². The van der Waals surface area contributed by atoms with Crippen LogP contribution in [0.1, 0.15) is 22.7 Å². The third-order valence-electron chi connectivity index (χ3n) is 3.31. The Kier molecular flexibility index (Phi) is 2.97. The molecule has 88 valence electrons. The van der Waals surface area contributed by atoms with Crippen molar-refractivity contribution in [2.24, 2.45) is 0 Å². The van der Waals surface area contributed by atoms with Gasteiger partial charge in [0.25, 0.3) is 0 Å². The maximum atomic E-state index is 10.1. The van der Waals surface area contributed by atoms with Gasteiger partial charge in [0.05, 0.1) is 12.1 Å². The highest BCUT2D eigenvalue weighted by molar-refractivity contribution is 7.07. The SMILES string of the molecule is OC1Cc2ccccc2C1NCc1ccsc1. The quantitative estimate of drug-likeness (QED) is 0.871. The van der Waals surface area contributed by atoms with Gasteiger partial charge in [-0.25, -0.2) is 0 Å². The molecule has 0 fully saturated rings. The predicted octanol–water partition coefficient (Wildman–Crippen LogP) is 2.50. The van der Waals surface area contributed by atoms with Gasteiger partial charge in [0.1, 0.15) is 0 Å². The van der Waals surface area contributed by atoms with Crippen LogP contribution in [0.4, 0.5) is 0 Å². The average Bonchev–Trinajstić information content (AvgIpc) is 2.93. The molecular weight excluding hydrogens is 230 g/mol. The maximum Gasteiger partial charge on any atom is 0.0775 e. The van der Waals surface area contributed by atoms with Gasteiger partial charge in [-0.1, -0.05) is 24.3 Å². The Morgan fingerprint density at radius 3 is 3.00 bits per heavy atom. The summed E-state index contributed by atoms with van der Waals surface area (Å²) in [6.07, 6.45) is 0.461. The van der Waals surface area contributed by atoms with E-state index in [2.05, 4.69) is 34.3 Å². The molecule has 2 atom stereocenters. The Hall–Kier alpha value is -1.16. The standard InChI is InChI=1S/C14H15NOS/c16-13-7-11-3-1-2-4-12(11)14(13)15-8-10-5-6-17-9-10/h1-6,9,13-16H,7-8H2. The average molecular weight is 245 g/mol. The minimum atomic E-state index is -0.300. The first-order valence-corrected chi connectivity index (χ1v) is 6.79. The van der Waals surface area contributed by atoms with E-state index in [9.17, 15) is 5.11 Å². The molecule has 1 aromatic heterocycles. The molecule has 1 aliphatic carbocycles. The number of benzene rings is 1. The summed E-state index contributed by atoms with van der Waals surface area (Å²) in [7, 11) is 0. The van der Waals surface area contributed by atoms with Crippen LogP contribution in [0.25, 0.3) is 0 Å². The molecule has 0 bridgehead atoms. The molecule has 2 unspecified atom stereocenters. The van der Waals surface area contributed by atoms with Gasteiger partial charge in [-0.2, -0.15) is 11.3 Å². The van der Waals surface area contributed by atoms with Crippen LogP contribution in [-0.4, -0.2) is 11.2 Å². The van der Waals surface area contributed by atoms with Gasteiger partial charge >= 0.3 is 0 Å². The molecule has 2 aromatic rings. The molecule has 3 rings (SSSR count). The van der Waals surface area contributed by atoms with Crippen LogP contribution in [0, 0.1) is 0 Å². The van der Waals surface area contributed by atoms with E-state index in [0.717, 1.165) is 13.0 Å². The van der Waals surface area contributed by atoms with Crippen LogP contribution in [0.5, 0.6) is 0 Å². The van der Waals surface area contributed by atoms with E-state index < -0.39 is 0 Å². The van der Waals surface area contributed by atoms with E-state index in [-0.39, 0.29) is 12.1 Å². The zero-order chi connectivity index (χ0) is 11.7. The molecule has 1 aliphatic rings. The van der Waals surface area contributed by atoms with E-state index in [0.29, 0.717) is 0 Å². The number of hydrogen-bond donors (Lipinski definition) is 2. The van der Waals surface area contributed by atoms with E-state index in [4.69, 9.17) is 0 Å². The van der Waals surface area contributed by atoms with Crippen molar-refractivity contribution in [3.63, 3.8) is 0 Å². The fourth-order valence-corrected chi connectivity index (χ4v) is 3.11. The van der Waals surface area contributed by atoms with Gasteiger partial charge in [0.2, 0.25) is 0 Å². The fourth-order valence-electron chi connectivity index (χ4n) is 2.44. The van der Waals surface area contributed by atoms with Crippen molar-refractivity contribution in [1.82, 2.24) is 5.32 Å². The molecular formula is C14H15NOS. The minimum absolute atomic E-state index is 0.0751. The van der Waals surface area contributed by atoms with Gasteiger partial charge in [-0.05, 0) is 33.5 Å². The van der Waals surface area contributed by atoms with Crippen LogP contribution in [0.2, 0.25) is 0 Å². The number of fused-ring (bicyclic) bond motifs is 1. The molecule has 1 aromatic carbocycles. The molecule has 0 spiro atoms. The van der Waals surface area contributed by atoms with Gasteiger partial charge < -0.3 is 10.4 Å². The summed E-state index contributed by atoms with van der Waals surface area (Å²) in [6.45, 7) is 0.819. The van der Waals surface area contributed by atoms with Crippen LogP contribution in [-0.2, 0) is 13.0 Å². The summed E-state index contributed by atoms with van der Waals surface area (Å²) in [5, 5.41) is 17.7. The first kappa shape index (κ1) is 11.0. The first-order chi connectivity index (χ1) is 8.34. The van der Waals surface area contributed by atoms with Crippen molar-refractivity contribution < 1.29 is 5.11 Å². The second-order valence-corrected chi connectivity index (χ2v) is 5.24. The van der Waals surface area contributed by atoms with Gasteiger partial charge in [-0.15, -0.1) is 0 Å². The number of aliphatic hydroxyl groups is 1. The number of hydrogen-bond acceptors (Lipinski definition) is 3. The van der Waals surface area contributed by atoms with Crippen molar-refractivity contribution in [2.75, 3.05) is 0 Å². The van der Waals surface area contributed by atoms with Crippen LogP contribution < -0.4 is 5.32 Å². The maximum absolute atomic E-state index is 10.1. The minimum Gasteiger partial charge on any atom is -0.391 e. The smallest absolute Gasteiger partial charge is 0.0775 e. The summed E-state index contributed by atoms with van der Waals surface area (Å²) in [4.78, 5) is 0. The third-order valence-corrected chi connectivity index (χ3v) is 4.04. The topological polar surface area (TPSA) is 32.3 Å². The normalized spacial score (nSPS) is 22.6. The molecule has 2 N–H and O–H groups in total. The molecule has 0 radical (unpaired) electrons. The number of aliphatic hydroxyl groups excluding tert-OH is 1. The van der Waals surface area contributed by atoms with Crippen molar-refractivity contribution in [2.45, 2.75) is 25.1 Å². The lowest BCUT2D eigenvalue weighted by Gasteiger charge is -2.17. The van der Waals surface area contributed by atoms with E-state index in [1.807, 2.05) is 12.1 Å². The highest BCUT2D eigenvalue weighted by Crippen LogP contribution is 2.31. The number of nitrogens with one attached hydrogen (secondary N) is 1. The molecule has 1 heterocycles. The Morgan fingerprint density at radius 1 is 1.29 bits per heavy atom. The van der Waals surface area contributed by atoms with Crippen molar-refractivity contribution in [3.8, 4) is 0 Å². The molecule has 0 amide bonds. The molecule has 0 saturated carbocycles. The van der Waals surface area contributed by atoms with E-state index in [1.54, 1.807) is 11.3 Å². The largest absolute Gasteiger partial charge is 0.391 e. The molecule has 0 aliphatic heterocycles. The molecule has 17 heavy (non-hydrogen) atoms. The van der Waals surface area contributed by atoms with E-state index >= 15 is 0 Å². The van der Waals surface area contributed by atoms with Crippen molar-refractivity contribution in [3.05, 3.63) is 57.8 Å².